The molecule has 0 radical (unpaired) electrons. The molecule has 3 N–H and O–H groups in total. The predicted octanol–water partition coefficient (Wildman–Crippen LogP) is 5.23. The van der Waals surface area contributed by atoms with Gasteiger partial charge in [-0.05, 0) is 54.4 Å². The minimum Gasteiger partial charge on any atom is -0.351 e. The molecule has 1 aromatic carbocycles. The maximum Gasteiger partial charge on any atom is 0.431 e. The third-order valence-corrected chi connectivity index (χ3v) is 5.52. The van der Waals surface area contributed by atoms with Crippen LogP contribution < -0.4 is 10.6 Å². The SMILES string of the molecule is CC1(C)CC(N=C=O)CC(C)(CNC(=O)Nc2ccc3[nH]c(C(F)(F)F)cc3c2)C1. The van der Waals surface area contributed by atoms with Crippen LogP contribution >= 0.6 is 0 Å². The van der Waals surface area contributed by atoms with Crippen LogP contribution in [0.3, 0.4) is 0 Å². The van der Waals surface area contributed by atoms with E-state index in [1.165, 1.54) is 12.1 Å². The van der Waals surface area contributed by atoms with Gasteiger partial charge in [-0.2, -0.15) is 13.2 Å². The number of nitrogens with one attached hydrogen (secondary N) is 3. The predicted molar refractivity (Wildman–Crippen MR) is 108 cm³/mol. The van der Waals surface area contributed by atoms with Crippen molar-refractivity contribution >= 4 is 28.7 Å². The number of carbonyl (C=O) groups is 1. The summed E-state index contributed by atoms with van der Waals surface area (Å²) < 4.78 is 38.5. The van der Waals surface area contributed by atoms with Gasteiger partial charge < -0.3 is 15.6 Å². The number of aliphatic imine (C=N–C) groups is 1. The highest BCUT2D eigenvalue weighted by Crippen LogP contribution is 2.46. The molecule has 1 aliphatic rings. The second-order valence-corrected chi connectivity index (χ2v) is 9.22. The number of hydrogen-bond acceptors (Lipinski definition) is 3. The number of urea groups is 1. The van der Waals surface area contributed by atoms with Gasteiger partial charge in [0.15, 0.2) is 0 Å². The number of amides is 2. The van der Waals surface area contributed by atoms with Gasteiger partial charge in [-0.1, -0.05) is 20.8 Å². The van der Waals surface area contributed by atoms with Gasteiger partial charge in [0, 0.05) is 23.1 Å². The molecule has 0 saturated heterocycles. The third-order valence-electron chi connectivity index (χ3n) is 5.52. The molecule has 6 nitrogen and oxygen atoms in total. The number of benzene rings is 1. The minimum absolute atomic E-state index is 0.0221. The fourth-order valence-electron chi connectivity index (χ4n) is 4.71. The molecule has 1 saturated carbocycles. The Hall–Kier alpha value is -2.80. The molecule has 0 spiro atoms. The molecule has 1 heterocycles. The second-order valence-electron chi connectivity index (χ2n) is 9.22. The van der Waals surface area contributed by atoms with Gasteiger partial charge >= 0.3 is 12.2 Å². The van der Waals surface area contributed by atoms with E-state index in [1.807, 2.05) is 6.92 Å². The number of H-pyrrole nitrogens is 1. The monoisotopic (exact) mass is 422 g/mol. The smallest absolute Gasteiger partial charge is 0.351 e. The molecule has 2 atom stereocenters. The first-order valence-corrected chi connectivity index (χ1v) is 9.71. The highest BCUT2D eigenvalue weighted by molar-refractivity contribution is 5.93. The molecule has 1 aliphatic carbocycles. The van der Waals surface area contributed by atoms with Crippen molar-refractivity contribution in [3.8, 4) is 0 Å². The van der Waals surface area contributed by atoms with E-state index in [2.05, 4.69) is 34.5 Å². The van der Waals surface area contributed by atoms with Gasteiger partial charge in [0.1, 0.15) is 5.69 Å². The number of carbonyl (C=O) groups excluding carboxylic acids is 2. The van der Waals surface area contributed by atoms with E-state index in [0.29, 0.717) is 29.6 Å². The summed E-state index contributed by atoms with van der Waals surface area (Å²) in [5.74, 6) is 0. The zero-order valence-corrected chi connectivity index (χ0v) is 17.1. The van der Waals surface area contributed by atoms with Crippen molar-refractivity contribution in [1.29, 1.82) is 0 Å². The highest BCUT2D eigenvalue weighted by atomic mass is 19.4. The summed E-state index contributed by atoms with van der Waals surface area (Å²) in [6.07, 6.45) is -0.499. The van der Waals surface area contributed by atoms with Gasteiger partial charge in [-0.3, -0.25) is 0 Å². The topological polar surface area (TPSA) is 86.3 Å². The van der Waals surface area contributed by atoms with E-state index < -0.39 is 17.9 Å². The average molecular weight is 422 g/mol. The van der Waals surface area contributed by atoms with E-state index >= 15 is 0 Å². The van der Waals surface area contributed by atoms with Crippen molar-refractivity contribution in [1.82, 2.24) is 10.3 Å². The highest BCUT2D eigenvalue weighted by Gasteiger charge is 2.41. The fraction of sp³-hybridized carbons (Fsp3) is 0.524. The Morgan fingerprint density at radius 2 is 2.00 bits per heavy atom. The van der Waals surface area contributed by atoms with Gasteiger partial charge in [0.05, 0.1) is 6.04 Å². The van der Waals surface area contributed by atoms with E-state index in [0.717, 1.165) is 18.9 Å². The molecule has 9 heteroatoms. The van der Waals surface area contributed by atoms with E-state index in [-0.39, 0.29) is 16.9 Å². The molecule has 0 bridgehead atoms. The number of halogens is 3. The first kappa shape index (κ1) is 21.9. The van der Waals surface area contributed by atoms with Crippen LogP contribution in [0.2, 0.25) is 0 Å². The molecular formula is C21H25F3N4O2. The number of anilines is 1. The van der Waals surface area contributed by atoms with Crippen LogP contribution in [0.4, 0.5) is 23.7 Å². The Kier molecular flexibility index (Phi) is 5.69. The Balaban J connectivity index is 1.64. The summed E-state index contributed by atoms with van der Waals surface area (Å²) in [5, 5.41) is 5.86. The summed E-state index contributed by atoms with van der Waals surface area (Å²) in [6, 6.07) is 4.96. The van der Waals surface area contributed by atoms with Crippen molar-refractivity contribution in [2.24, 2.45) is 15.8 Å². The number of isocyanates is 1. The van der Waals surface area contributed by atoms with Gasteiger partial charge in [0.2, 0.25) is 6.08 Å². The fourth-order valence-corrected chi connectivity index (χ4v) is 4.71. The molecule has 1 aromatic heterocycles. The lowest BCUT2D eigenvalue weighted by Crippen LogP contribution is -2.45. The lowest BCUT2D eigenvalue weighted by molar-refractivity contribution is -0.140. The van der Waals surface area contributed by atoms with Crippen LogP contribution in [-0.2, 0) is 11.0 Å². The first-order chi connectivity index (χ1) is 13.9. The number of hydrogen-bond donors (Lipinski definition) is 3. The molecule has 162 valence electrons. The maximum absolute atomic E-state index is 12.8. The summed E-state index contributed by atoms with van der Waals surface area (Å²) in [4.78, 5) is 29.3. The van der Waals surface area contributed by atoms with Crippen molar-refractivity contribution in [3.05, 3.63) is 30.0 Å². The van der Waals surface area contributed by atoms with Crippen LogP contribution in [-0.4, -0.2) is 29.7 Å². The van der Waals surface area contributed by atoms with Crippen molar-refractivity contribution < 1.29 is 22.8 Å². The lowest BCUT2D eigenvalue weighted by Gasteiger charge is -2.45. The Bertz CT molecular complexity index is 992. The standard InChI is InChI=1S/C21H25F3N4O2/c1-19(2)8-15(26-12-29)9-20(3,10-19)11-25-18(30)27-14-4-5-16-13(6-14)7-17(28-16)21(22,23)24/h4-7,15,28H,8-11H2,1-3H3,(H2,25,27,30). The molecule has 30 heavy (non-hydrogen) atoms. The summed E-state index contributed by atoms with van der Waals surface area (Å²) >= 11 is 0. The van der Waals surface area contributed by atoms with Crippen molar-refractivity contribution in [3.63, 3.8) is 0 Å². The minimum atomic E-state index is -4.46. The van der Waals surface area contributed by atoms with E-state index in [1.54, 1.807) is 12.1 Å². The average Bonchev–Trinajstić information content (AvgIpc) is 3.02. The van der Waals surface area contributed by atoms with Crippen molar-refractivity contribution in [2.75, 3.05) is 11.9 Å². The lowest BCUT2D eigenvalue weighted by atomic mass is 9.63. The summed E-state index contributed by atoms with van der Waals surface area (Å²) in [6.45, 7) is 6.65. The number of nitrogens with zero attached hydrogens (tertiary/aromatic N) is 1. The number of fused-ring (bicyclic) bond motifs is 1. The first-order valence-electron chi connectivity index (χ1n) is 9.71. The molecule has 0 aliphatic heterocycles. The largest absolute Gasteiger partial charge is 0.431 e. The van der Waals surface area contributed by atoms with Crippen LogP contribution in [0.15, 0.2) is 29.3 Å². The second kappa shape index (κ2) is 7.80. The van der Waals surface area contributed by atoms with E-state index in [9.17, 15) is 22.8 Å². The Morgan fingerprint density at radius 3 is 2.67 bits per heavy atom. The van der Waals surface area contributed by atoms with Crippen LogP contribution in [0, 0.1) is 10.8 Å². The van der Waals surface area contributed by atoms with Crippen LogP contribution in [0.1, 0.15) is 45.7 Å². The van der Waals surface area contributed by atoms with Crippen LogP contribution in [0.25, 0.3) is 10.9 Å². The normalized spacial score (nSPS) is 23.6. The Morgan fingerprint density at radius 1 is 1.27 bits per heavy atom. The molecule has 1 fully saturated rings. The molecular weight excluding hydrogens is 397 g/mol. The summed E-state index contributed by atoms with van der Waals surface area (Å²) in [5.41, 5.74) is -0.362. The zero-order valence-electron chi connectivity index (χ0n) is 17.1. The maximum atomic E-state index is 12.8. The molecule has 2 unspecified atom stereocenters. The van der Waals surface area contributed by atoms with Crippen molar-refractivity contribution in [2.45, 2.75) is 52.3 Å². The number of alkyl halides is 3. The van der Waals surface area contributed by atoms with Gasteiger partial charge in [-0.25, -0.2) is 14.6 Å². The third kappa shape index (κ3) is 5.21. The van der Waals surface area contributed by atoms with Crippen LogP contribution in [0.5, 0.6) is 0 Å². The van der Waals surface area contributed by atoms with E-state index in [4.69, 9.17) is 0 Å². The molecule has 2 amide bonds. The number of rotatable bonds is 4. The molecule has 3 rings (SSSR count). The number of aromatic nitrogens is 1. The van der Waals surface area contributed by atoms with Gasteiger partial charge in [-0.15, -0.1) is 0 Å². The zero-order chi connectivity index (χ0) is 22.2. The summed E-state index contributed by atoms with van der Waals surface area (Å²) in [7, 11) is 0. The Labute approximate surface area is 172 Å². The molecule has 2 aromatic rings. The quantitative estimate of drug-likeness (QED) is 0.466. The van der Waals surface area contributed by atoms with Gasteiger partial charge in [0.25, 0.3) is 0 Å². The number of aromatic amines is 1.